The predicted octanol–water partition coefficient (Wildman–Crippen LogP) is 17.9. The normalized spacial score (nSPS) is 12.8. The van der Waals surface area contributed by atoms with Gasteiger partial charge < -0.3 is 14.2 Å². The number of hydrogen-bond acceptors (Lipinski definition) is 5. The third-order valence-corrected chi connectivity index (χ3v) is 11.2. The molecule has 5 nitrogen and oxygen atoms in total. The lowest BCUT2D eigenvalue weighted by Gasteiger charge is -2.18. The van der Waals surface area contributed by atoms with E-state index in [0.717, 1.165) is 64.2 Å². The summed E-state index contributed by atoms with van der Waals surface area (Å²) in [6, 6.07) is 0. The van der Waals surface area contributed by atoms with Crippen molar-refractivity contribution in [1.82, 2.24) is 0 Å². The lowest BCUT2D eigenvalue weighted by Crippen LogP contribution is -2.30. The second kappa shape index (κ2) is 52.7. The summed E-state index contributed by atoms with van der Waals surface area (Å²) >= 11 is 0. The predicted molar refractivity (Wildman–Crippen MR) is 270 cm³/mol. The van der Waals surface area contributed by atoms with Crippen molar-refractivity contribution >= 4 is 11.9 Å². The minimum absolute atomic E-state index is 0.0548. The molecule has 0 spiro atoms. The van der Waals surface area contributed by atoms with Gasteiger partial charge in [-0.15, -0.1) is 0 Å². The van der Waals surface area contributed by atoms with Crippen LogP contribution in [0.2, 0.25) is 0 Å². The van der Waals surface area contributed by atoms with Crippen LogP contribution in [0.3, 0.4) is 0 Å². The molecule has 0 aromatic heterocycles. The molecule has 358 valence electrons. The Morgan fingerprint density at radius 3 is 1.26 bits per heavy atom. The summed E-state index contributed by atoms with van der Waals surface area (Å²) in [5.41, 5.74) is 0. The highest BCUT2D eigenvalue weighted by molar-refractivity contribution is 5.70. The van der Waals surface area contributed by atoms with Gasteiger partial charge in [0.1, 0.15) is 6.61 Å². The Morgan fingerprint density at radius 2 is 0.758 bits per heavy atom. The van der Waals surface area contributed by atoms with Crippen LogP contribution in [-0.4, -0.2) is 37.9 Å². The summed E-state index contributed by atoms with van der Waals surface area (Å²) in [4.78, 5) is 25.4. The number of unbranched alkanes of at least 4 members (excludes halogenated alkanes) is 25. The molecule has 0 aliphatic rings. The van der Waals surface area contributed by atoms with E-state index < -0.39 is 6.10 Å². The van der Waals surface area contributed by atoms with Gasteiger partial charge in [-0.2, -0.15) is 0 Å². The van der Waals surface area contributed by atoms with Crippen LogP contribution < -0.4 is 0 Å². The van der Waals surface area contributed by atoms with E-state index in [1.807, 2.05) is 6.08 Å². The van der Waals surface area contributed by atoms with E-state index >= 15 is 0 Å². The first kappa shape index (κ1) is 59.3. The van der Waals surface area contributed by atoms with E-state index in [-0.39, 0.29) is 25.2 Å². The van der Waals surface area contributed by atoms with Gasteiger partial charge in [0.05, 0.1) is 6.61 Å². The molecule has 0 aliphatic carbocycles. The molecule has 0 saturated carbocycles. The van der Waals surface area contributed by atoms with Crippen molar-refractivity contribution in [3.8, 4) is 0 Å². The van der Waals surface area contributed by atoms with Crippen LogP contribution in [0.4, 0.5) is 0 Å². The molecule has 1 unspecified atom stereocenters. The summed E-state index contributed by atoms with van der Waals surface area (Å²) in [5.74, 6) is -0.489. The van der Waals surface area contributed by atoms with E-state index in [4.69, 9.17) is 14.2 Å². The van der Waals surface area contributed by atoms with Crippen molar-refractivity contribution in [2.45, 2.75) is 258 Å². The van der Waals surface area contributed by atoms with Gasteiger partial charge in [-0.1, -0.05) is 235 Å². The molecule has 5 heteroatoms. The molecular weight excluding hydrogens is 765 g/mol. The maximum absolute atomic E-state index is 12.7. The fourth-order valence-corrected chi connectivity index (χ4v) is 7.32. The Balaban J connectivity index is 4.30. The van der Waals surface area contributed by atoms with Gasteiger partial charge in [-0.05, 0) is 77.0 Å². The van der Waals surface area contributed by atoms with Crippen molar-refractivity contribution in [2.24, 2.45) is 0 Å². The number of carbonyl (C=O) groups excluding carboxylic acids is 2. The third-order valence-electron chi connectivity index (χ3n) is 11.2. The van der Waals surface area contributed by atoms with Gasteiger partial charge in [0.15, 0.2) is 6.10 Å². The van der Waals surface area contributed by atoms with Gasteiger partial charge >= 0.3 is 11.9 Å². The Kier molecular flexibility index (Phi) is 50.4. The molecule has 0 fully saturated rings. The summed E-state index contributed by atoms with van der Waals surface area (Å²) in [7, 11) is 0. The van der Waals surface area contributed by atoms with E-state index in [9.17, 15) is 9.59 Å². The molecule has 62 heavy (non-hydrogen) atoms. The molecule has 0 radical (unpaired) electrons. The fourth-order valence-electron chi connectivity index (χ4n) is 7.32. The molecule has 0 aliphatic heterocycles. The molecular formula is C57H100O5. The van der Waals surface area contributed by atoms with E-state index in [1.54, 1.807) is 0 Å². The van der Waals surface area contributed by atoms with Crippen molar-refractivity contribution in [1.29, 1.82) is 0 Å². The second-order valence-electron chi connectivity index (χ2n) is 17.4. The van der Waals surface area contributed by atoms with Gasteiger partial charge in [0, 0.05) is 19.4 Å². The Morgan fingerprint density at radius 1 is 0.371 bits per heavy atom. The van der Waals surface area contributed by atoms with Crippen LogP contribution in [0, 0.1) is 0 Å². The summed E-state index contributed by atoms with van der Waals surface area (Å²) in [6.45, 7) is 7.63. The third kappa shape index (κ3) is 50.0. The maximum Gasteiger partial charge on any atom is 0.306 e. The highest BCUT2D eigenvalue weighted by atomic mass is 16.6. The zero-order valence-electron chi connectivity index (χ0n) is 41.1. The lowest BCUT2D eigenvalue weighted by molar-refractivity contribution is -0.162. The number of carbonyl (C=O) groups is 2. The zero-order chi connectivity index (χ0) is 44.9. The zero-order valence-corrected chi connectivity index (χ0v) is 41.1. The molecule has 0 aromatic rings. The summed E-state index contributed by atoms with van der Waals surface area (Å²) < 4.78 is 17.3. The fraction of sp³-hybridized carbons (Fsp3) is 0.754. The quantitative estimate of drug-likeness (QED) is 0.0346. The van der Waals surface area contributed by atoms with Crippen LogP contribution in [-0.2, 0) is 23.8 Å². The first-order valence-corrected chi connectivity index (χ1v) is 26.5. The molecule has 0 saturated heterocycles. The number of allylic oxidation sites excluding steroid dienone is 12. The number of hydrogen-bond donors (Lipinski definition) is 0. The Bertz CT molecular complexity index is 1110. The molecule has 0 N–H and O–H groups in total. The van der Waals surface area contributed by atoms with E-state index in [2.05, 4.69) is 87.6 Å². The molecule has 0 heterocycles. The van der Waals surface area contributed by atoms with Crippen molar-refractivity contribution in [3.05, 3.63) is 72.9 Å². The van der Waals surface area contributed by atoms with Crippen LogP contribution in [0.25, 0.3) is 0 Å². The van der Waals surface area contributed by atoms with Crippen LogP contribution in [0.1, 0.15) is 252 Å². The van der Waals surface area contributed by atoms with E-state index in [1.165, 1.54) is 148 Å². The lowest BCUT2D eigenvalue weighted by atomic mass is 10.0. The number of rotatable bonds is 48. The van der Waals surface area contributed by atoms with Crippen LogP contribution >= 0.6 is 0 Å². The number of ether oxygens (including phenoxy) is 3. The first-order chi connectivity index (χ1) is 30.6. The first-order valence-electron chi connectivity index (χ1n) is 26.5. The minimum atomic E-state index is -0.575. The molecule has 0 rings (SSSR count). The maximum atomic E-state index is 12.7. The van der Waals surface area contributed by atoms with E-state index in [0.29, 0.717) is 25.9 Å². The smallest absolute Gasteiger partial charge is 0.306 e. The highest BCUT2D eigenvalue weighted by Crippen LogP contribution is 2.15. The van der Waals surface area contributed by atoms with Crippen LogP contribution in [0.15, 0.2) is 72.9 Å². The average Bonchev–Trinajstić information content (AvgIpc) is 3.27. The summed E-state index contributed by atoms with van der Waals surface area (Å²) in [5, 5.41) is 0. The van der Waals surface area contributed by atoms with Gasteiger partial charge in [0.25, 0.3) is 0 Å². The average molecular weight is 865 g/mol. The Labute approximate surface area is 385 Å². The highest BCUT2D eigenvalue weighted by Gasteiger charge is 2.17. The van der Waals surface area contributed by atoms with Gasteiger partial charge in [-0.3, -0.25) is 9.59 Å². The number of esters is 2. The van der Waals surface area contributed by atoms with Crippen LogP contribution in [0.5, 0.6) is 0 Å². The monoisotopic (exact) mass is 865 g/mol. The topological polar surface area (TPSA) is 61.8 Å². The van der Waals surface area contributed by atoms with Crippen molar-refractivity contribution in [3.63, 3.8) is 0 Å². The molecule has 0 amide bonds. The minimum Gasteiger partial charge on any atom is -0.462 e. The molecule has 0 aromatic carbocycles. The van der Waals surface area contributed by atoms with Crippen molar-refractivity contribution < 1.29 is 23.8 Å². The molecule has 0 bridgehead atoms. The summed E-state index contributed by atoms with van der Waals surface area (Å²) in [6.07, 6.45) is 67.8. The van der Waals surface area contributed by atoms with Gasteiger partial charge in [-0.25, -0.2) is 0 Å². The second-order valence-corrected chi connectivity index (χ2v) is 17.4. The van der Waals surface area contributed by atoms with Gasteiger partial charge in [0.2, 0.25) is 0 Å². The Hall–Kier alpha value is -2.66. The largest absolute Gasteiger partial charge is 0.462 e. The standard InChI is InChI=1S/C57H100O5/c1-4-7-10-13-16-19-22-25-27-28-29-30-31-33-35-38-41-44-47-50-56(58)61-54-55(53-60-52-49-46-43-40-37-34-26-23-20-17-14-11-8-5-2)62-57(59)51-48-45-42-39-36-32-24-21-18-15-12-9-6-3/h9,12,16,18-19,21,25,27,32,36,42,45,55H,4-8,10-11,13-15,17,20,22-24,26,28-31,33-35,37-41,43-44,46-54H2,1-3H3/b12-9-,19-16-,21-18-,27-25-,36-32-,45-42-. The molecule has 1 atom stereocenters. The SMILES string of the molecule is CC/C=C\C/C=C\C/C=C\C/C=C\CCC(=O)OC(COCCCCCCCCCCCCCCCC)COC(=O)CCCCCCCCCCC/C=C\C/C=C\CCCCC. The van der Waals surface area contributed by atoms with Crippen molar-refractivity contribution in [2.75, 3.05) is 19.8 Å².